The molecule has 0 bridgehead atoms. The fourth-order valence-electron chi connectivity index (χ4n) is 3.64. The van der Waals surface area contributed by atoms with Crippen molar-refractivity contribution >= 4 is 17.4 Å². The molecule has 35 heavy (non-hydrogen) atoms. The highest BCUT2D eigenvalue weighted by Crippen LogP contribution is 2.33. The summed E-state index contributed by atoms with van der Waals surface area (Å²) in [5.74, 6) is 1.48. The highest BCUT2D eigenvalue weighted by molar-refractivity contribution is 7.07. The summed E-state index contributed by atoms with van der Waals surface area (Å²) in [6.45, 7) is 4.07. The van der Waals surface area contributed by atoms with Gasteiger partial charge < -0.3 is 14.8 Å². The molecule has 1 N–H and O–H groups in total. The van der Waals surface area contributed by atoms with Crippen LogP contribution in [0.2, 0.25) is 0 Å². The number of ether oxygens (including phenoxy) is 2. The second-order valence-corrected chi connectivity index (χ2v) is 9.22. The van der Waals surface area contributed by atoms with Gasteiger partial charge in [-0.2, -0.15) is 9.36 Å². The molecule has 4 aromatic rings. The predicted molar refractivity (Wildman–Crippen MR) is 139 cm³/mol. The Hall–Kier alpha value is -3.71. The number of nitrogens with one attached hydrogen (secondary N) is 1. The summed E-state index contributed by atoms with van der Waals surface area (Å²) in [5.41, 5.74) is 4.10. The minimum Gasteiger partial charge on any atom is -0.493 e. The fourth-order valence-corrected chi connectivity index (χ4v) is 4.20. The SMILES string of the molecule is COc1ccc(C(=O)NC(C)CCc2ccccc2)cc1Oc1nc(Cc2ccc(C)cc2)ns1. The van der Waals surface area contributed by atoms with Gasteiger partial charge in [0.1, 0.15) is 0 Å². The number of hydrogen-bond acceptors (Lipinski definition) is 6. The van der Waals surface area contributed by atoms with Crippen molar-refractivity contribution in [1.29, 1.82) is 0 Å². The molecule has 1 heterocycles. The molecule has 7 heteroatoms. The number of carbonyl (C=O) groups is 1. The Morgan fingerprint density at radius 1 is 1.00 bits per heavy atom. The van der Waals surface area contributed by atoms with Crippen LogP contribution in [0.15, 0.2) is 72.8 Å². The number of amides is 1. The minimum absolute atomic E-state index is 0.0293. The number of nitrogens with zero attached hydrogens (tertiary/aromatic N) is 2. The molecule has 0 fully saturated rings. The molecular formula is C28H29N3O3S. The van der Waals surface area contributed by atoms with Gasteiger partial charge in [-0.05, 0) is 56.0 Å². The van der Waals surface area contributed by atoms with Crippen LogP contribution < -0.4 is 14.8 Å². The van der Waals surface area contributed by atoms with Crippen molar-refractivity contribution in [1.82, 2.24) is 14.7 Å². The Labute approximate surface area is 210 Å². The second kappa shape index (κ2) is 11.6. The summed E-state index contributed by atoms with van der Waals surface area (Å²) < 4.78 is 15.8. The maximum Gasteiger partial charge on any atom is 0.298 e. The number of methoxy groups -OCH3 is 1. The van der Waals surface area contributed by atoms with Crippen LogP contribution in [0.5, 0.6) is 16.7 Å². The zero-order valence-corrected chi connectivity index (χ0v) is 21.0. The third-order valence-electron chi connectivity index (χ3n) is 5.64. The van der Waals surface area contributed by atoms with Crippen LogP contribution in [0.25, 0.3) is 0 Å². The van der Waals surface area contributed by atoms with Crippen LogP contribution >= 0.6 is 11.5 Å². The van der Waals surface area contributed by atoms with E-state index in [9.17, 15) is 4.79 Å². The maximum atomic E-state index is 12.9. The van der Waals surface area contributed by atoms with Gasteiger partial charge in [-0.1, -0.05) is 60.2 Å². The quantitative estimate of drug-likeness (QED) is 0.297. The lowest BCUT2D eigenvalue weighted by molar-refractivity contribution is 0.0938. The lowest BCUT2D eigenvalue weighted by Gasteiger charge is -2.15. The van der Waals surface area contributed by atoms with Crippen molar-refractivity contribution in [2.24, 2.45) is 0 Å². The van der Waals surface area contributed by atoms with Gasteiger partial charge in [-0.15, -0.1) is 0 Å². The average Bonchev–Trinajstić information content (AvgIpc) is 3.31. The van der Waals surface area contributed by atoms with Crippen molar-refractivity contribution in [3.05, 3.63) is 101 Å². The van der Waals surface area contributed by atoms with Crippen LogP contribution in [-0.2, 0) is 12.8 Å². The minimum atomic E-state index is -0.157. The number of rotatable bonds is 10. The molecule has 0 aliphatic rings. The normalized spacial score (nSPS) is 11.6. The van der Waals surface area contributed by atoms with Crippen molar-refractivity contribution in [3.63, 3.8) is 0 Å². The molecule has 0 aliphatic carbocycles. The summed E-state index contributed by atoms with van der Waals surface area (Å²) in [6, 6.07) is 23.7. The number of benzene rings is 3. The fraction of sp³-hybridized carbons (Fsp3) is 0.250. The van der Waals surface area contributed by atoms with E-state index in [1.165, 1.54) is 22.7 Å². The van der Waals surface area contributed by atoms with E-state index in [1.54, 1.807) is 25.3 Å². The highest BCUT2D eigenvalue weighted by atomic mass is 32.1. The first-order chi connectivity index (χ1) is 17.0. The van der Waals surface area contributed by atoms with E-state index < -0.39 is 0 Å². The number of aryl methyl sites for hydroxylation is 2. The van der Waals surface area contributed by atoms with Crippen LogP contribution in [0.1, 0.15) is 46.2 Å². The average molecular weight is 488 g/mol. The molecule has 1 atom stereocenters. The lowest BCUT2D eigenvalue weighted by Crippen LogP contribution is -2.32. The molecule has 0 aliphatic heterocycles. The van der Waals surface area contributed by atoms with Crippen LogP contribution in [-0.4, -0.2) is 28.4 Å². The van der Waals surface area contributed by atoms with Gasteiger partial charge in [0.25, 0.3) is 11.1 Å². The van der Waals surface area contributed by atoms with Crippen molar-refractivity contribution in [3.8, 4) is 16.7 Å². The second-order valence-electron chi connectivity index (χ2n) is 8.51. The molecule has 180 valence electrons. The van der Waals surface area contributed by atoms with Gasteiger partial charge in [0, 0.05) is 29.6 Å². The summed E-state index contributed by atoms with van der Waals surface area (Å²) >= 11 is 1.18. The Bertz CT molecular complexity index is 1260. The molecule has 0 spiro atoms. The summed E-state index contributed by atoms with van der Waals surface area (Å²) in [6.07, 6.45) is 2.38. The molecule has 3 aromatic carbocycles. The molecule has 0 saturated heterocycles. The molecule has 1 aromatic heterocycles. The Morgan fingerprint density at radius 3 is 2.51 bits per heavy atom. The van der Waals surface area contributed by atoms with E-state index in [0.29, 0.717) is 34.5 Å². The van der Waals surface area contributed by atoms with E-state index in [4.69, 9.17) is 9.47 Å². The van der Waals surface area contributed by atoms with Gasteiger partial charge in [0.05, 0.1) is 7.11 Å². The highest BCUT2D eigenvalue weighted by Gasteiger charge is 2.16. The van der Waals surface area contributed by atoms with Crippen LogP contribution in [0.3, 0.4) is 0 Å². The first kappa shape index (κ1) is 24.4. The number of hydrogen-bond donors (Lipinski definition) is 1. The van der Waals surface area contributed by atoms with Crippen LogP contribution in [0, 0.1) is 6.92 Å². The largest absolute Gasteiger partial charge is 0.493 e. The Balaban J connectivity index is 1.39. The van der Waals surface area contributed by atoms with E-state index in [0.717, 1.165) is 18.4 Å². The predicted octanol–water partition coefficient (Wildman–Crippen LogP) is 5.99. The molecule has 1 unspecified atom stereocenters. The lowest BCUT2D eigenvalue weighted by atomic mass is 10.1. The Morgan fingerprint density at radius 2 is 1.77 bits per heavy atom. The van der Waals surface area contributed by atoms with Crippen molar-refractivity contribution in [2.75, 3.05) is 7.11 Å². The van der Waals surface area contributed by atoms with Gasteiger partial charge in [0.2, 0.25) is 0 Å². The summed E-state index contributed by atoms with van der Waals surface area (Å²) in [4.78, 5) is 17.4. The first-order valence-corrected chi connectivity index (χ1v) is 12.4. The number of aromatic nitrogens is 2. The van der Waals surface area contributed by atoms with Crippen molar-refractivity contribution < 1.29 is 14.3 Å². The molecular weight excluding hydrogens is 458 g/mol. The van der Waals surface area contributed by atoms with E-state index >= 15 is 0 Å². The third kappa shape index (κ3) is 6.90. The van der Waals surface area contributed by atoms with Gasteiger partial charge >= 0.3 is 0 Å². The van der Waals surface area contributed by atoms with Crippen molar-refractivity contribution in [2.45, 2.75) is 39.2 Å². The van der Waals surface area contributed by atoms with E-state index in [1.807, 2.05) is 25.1 Å². The zero-order chi connectivity index (χ0) is 24.6. The summed E-state index contributed by atoms with van der Waals surface area (Å²) in [5, 5.41) is 3.47. The standard InChI is InChI=1S/C28H29N3O3S/c1-19-9-12-22(13-10-19)17-26-30-28(35-31-26)34-25-18-23(15-16-24(25)33-3)27(32)29-20(2)11-14-21-7-5-4-6-8-21/h4-10,12-13,15-16,18,20H,11,14,17H2,1-3H3,(H,29,32). The smallest absolute Gasteiger partial charge is 0.298 e. The maximum absolute atomic E-state index is 12.9. The molecule has 0 radical (unpaired) electrons. The summed E-state index contributed by atoms with van der Waals surface area (Å²) in [7, 11) is 1.57. The van der Waals surface area contributed by atoms with E-state index in [-0.39, 0.29) is 11.9 Å². The topological polar surface area (TPSA) is 73.3 Å². The molecule has 1 amide bonds. The third-order valence-corrected chi connectivity index (χ3v) is 6.27. The molecule has 6 nitrogen and oxygen atoms in total. The Kier molecular flexibility index (Phi) is 8.11. The van der Waals surface area contributed by atoms with Gasteiger partial charge in [-0.25, -0.2) is 0 Å². The number of carbonyl (C=O) groups excluding carboxylic acids is 1. The molecule has 0 saturated carbocycles. The monoisotopic (exact) mass is 487 g/mol. The molecule has 4 rings (SSSR count). The van der Waals surface area contributed by atoms with Gasteiger partial charge in [-0.3, -0.25) is 4.79 Å². The van der Waals surface area contributed by atoms with Crippen LogP contribution in [0.4, 0.5) is 0 Å². The first-order valence-electron chi connectivity index (χ1n) is 11.6. The van der Waals surface area contributed by atoms with Gasteiger partial charge in [0.15, 0.2) is 17.3 Å². The zero-order valence-electron chi connectivity index (χ0n) is 20.2. The van der Waals surface area contributed by atoms with E-state index in [2.05, 4.69) is 58.0 Å².